The maximum absolute atomic E-state index is 11.7. The number of rotatable bonds is 3. The third-order valence-corrected chi connectivity index (χ3v) is 3.46. The van der Waals surface area contributed by atoms with E-state index in [1.807, 2.05) is 12.1 Å². The van der Waals surface area contributed by atoms with Gasteiger partial charge in [0.25, 0.3) is 0 Å². The van der Waals surface area contributed by atoms with E-state index in [0.29, 0.717) is 5.02 Å². The number of benzene rings is 1. The van der Waals surface area contributed by atoms with Crippen LogP contribution in [0.15, 0.2) is 18.2 Å². The molecule has 18 heavy (non-hydrogen) atoms. The molecule has 0 spiro atoms. The van der Waals surface area contributed by atoms with Gasteiger partial charge in [0.1, 0.15) is 5.38 Å². The van der Waals surface area contributed by atoms with Crippen LogP contribution in [0.25, 0.3) is 0 Å². The topological polar surface area (TPSA) is 32.3 Å². The second-order valence-electron chi connectivity index (χ2n) is 4.46. The number of nitrogens with one attached hydrogen (secondary N) is 1. The molecule has 2 rings (SSSR count). The van der Waals surface area contributed by atoms with Crippen LogP contribution in [0.4, 0.5) is 11.4 Å². The fourth-order valence-corrected chi connectivity index (χ4v) is 2.30. The molecule has 1 aliphatic rings. The van der Waals surface area contributed by atoms with Gasteiger partial charge in [0.15, 0.2) is 0 Å². The van der Waals surface area contributed by atoms with E-state index in [1.165, 1.54) is 12.8 Å². The Bertz CT molecular complexity index is 443. The van der Waals surface area contributed by atoms with Crippen molar-refractivity contribution < 1.29 is 4.79 Å². The normalized spacial score (nSPS) is 16.7. The Morgan fingerprint density at radius 2 is 2.06 bits per heavy atom. The summed E-state index contributed by atoms with van der Waals surface area (Å²) in [7, 11) is 0. The van der Waals surface area contributed by atoms with Crippen molar-refractivity contribution in [2.45, 2.75) is 25.1 Å². The van der Waals surface area contributed by atoms with Gasteiger partial charge in [0.05, 0.1) is 11.4 Å². The summed E-state index contributed by atoms with van der Waals surface area (Å²) in [4.78, 5) is 13.9. The van der Waals surface area contributed by atoms with Crippen molar-refractivity contribution in [1.29, 1.82) is 0 Å². The van der Waals surface area contributed by atoms with Crippen molar-refractivity contribution in [2.24, 2.45) is 0 Å². The highest BCUT2D eigenvalue weighted by molar-refractivity contribution is 6.33. The van der Waals surface area contributed by atoms with E-state index in [9.17, 15) is 4.79 Å². The summed E-state index contributed by atoms with van der Waals surface area (Å²) in [6, 6.07) is 5.56. The number of nitrogens with zero attached hydrogens (tertiary/aromatic N) is 1. The van der Waals surface area contributed by atoms with Crippen LogP contribution in [0.5, 0.6) is 0 Å². The van der Waals surface area contributed by atoms with Gasteiger partial charge in [0, 0.05) is 18.1 Å². The zero-order chi connectivity index (χ0) is 13.1. The van der Waals surface area contributed by atoms with Crippen LogP contribution in [-0.4, -0.2) is 24.4 Å². The number of anilines is 2. The standard InChI is InChI=1S/C13H16Cl2N2O/c1-9(14)13(18)16-11-8-10(15)4-5-12(11)17-6-2-3-7-17/h4-5,8-9H,2-3,6-7H2,1H3,(H,16,18). The van der Waals surface area contributed by atoms with Crippen molar-refractivity contribution in [3.05, 3.63) is 23.2 Å². The van der Waals surface area contributed by atoms with Crippen LogP contribution in [0.1, 0.15) is 19.8 Å². The largest absolute Gasteiger partial charge is 0.370 e. The minimum absolute atomic E-state index is 0.209. The lowest BCUT2D eigenvalue weighted by molar-refractivity contribution is -0.115. The first kappa shape index (κ1) is 13.5. The molecule has 3 nitrogen and oxygen atoms in total. The molecular formula is C13H16Cl2N2O. The van der Waals surface area contributed by atoms with Gasteiger partial charge in [-0.1, -0.05) is 11.6 Å². The third kappa shape index (κ3) is 3.09. The molecular weight excluding hydrogens is 271 g/mol. The molecule has 0 saturated carbocycles. The molecule has 1 saturated heterocycles. The highest BCUT2D eigenvalue weighted by atomic mass is 35.5. The monoisotopic (exact) mass is 286 g/mol. The van der Waals surface area contributed by atoms with Gasteiger partial charge in [-0.3, -0.25) is 4.79 Å². The number of carbonyl (C=O) groups excluding carboxylic acids is 1. The number of amides is 1. The first-order valence-corrected chi connectivity index (χ1v) is 6.89. The van der Waals surface area contributed by atoms with Gasteiger partial charge in [-0.15, -0.1) is 11.6 Å². The van der Waals surface area contributed by atoms with E-state index in [0.717, 1.165) is 24.5 Å². The van der Waals surface area contributed by atoms with Crippen LogP contribution >= 0.6 is 23.2 Å². The van der Waals surface area contributed by atoms with E-state index in [-0.39, 0.29) is 5.91 Å². The Hall–Kier alpha value is -0.930. The molecule has 0 radical (unpaired) electrons. The summed E-state index contributed by atoms with van der Waals surface area (Å²) < 4.78 is 0. The highest BCUT2D eigenvalue weighted by Crippen LogP contribution is 2.31. The van der Waals surface area contributed by atoms with Gasteiger partial charge in [-0.25, -0.2) is 0 Å². The molecule has 1 heterocycles. The lowest BCUT2D eigenvalue weighted by Gasteiger charge is -2.22. The van der Waals surface area contributed by atoms with Crippen LogP contribution in [0.2, 0.25) is 5.02 Å². The third-order valence-electron chi connectivity index (χ3n) is 3.02. The number of hydrogen-bond acceptors (Lipinski definition) is 2. The van der Waals surface area contributed by atoms with Crippen LogP contribution in [-0.2, 0) is 4.79 Å². The fourth-order valence-electron chi connectivity index (χ4n) is 2.07. The summed E-state index contributed by atoms with van der Waals surface area (Å²) in [5.41, 5.74) is 1.75. The fraction of sp³-hybridized carbons (Fsp3) is 0.462. The summed E-state index contributed by atoms with van der Waals surface area (Å²) in [5, 5.41) is 2.88. The first-order chi connectivity index (χ1) is 8.58. The second kappa shape index (κ2) is 5.81. The van der Waals surface area contributed by atoms with Crippen molar-refractivity contribution in [1.82, 2.24) is 0 Å². The lowest BCUT2D eigenvalue weighted by atomic mass is 10.2. The van der Waals surface area contributed by atoms with Crippen molar-refractivity contribution >= 4 is 40.5 Å². The summed E-state index contributed by atoms with van der Waals surface area (Å²) in [5.74, 6) is -0.209. The molecule has 0 bridgehead atoms. The molecule has 1 atom stereocenters. The van der Waals surface area contributed by atoms with Gasteiger partial charge >= 0.3 is 0 Å². The van der Waals surface area contributed by atoms with E-state index in [2.05, 4.69) is 10.2 Å². The molecule has 0 aliphatic carbocycles. The molecule has 1 fully saturated rings. The molecule has 98 valence electrons. The highest BCUT2D eigenvalue weighted by Gasteiger charge is 2.18. The average Bonchev–Trinajstić information content (AvgIpc) is 2.82. The minimum atomic E-state index is -0.560. The quantitative estimate of drug-likeness (QED) is 0.863. The van der Waals surface area contributed by atoms with E-state index in [1.54, 1.807) is 13.0 Å². The van der Waals surface area contributed by atoms with Gasteiger partial charge in [0.2, 0.25) is 5.91 Å². The van der Waals surface area contributed by atoms with E-state index >= 15 is 0 Å². The Kier molecular flexibility index (Phi) is 4.36. The van der Waals surface area contributed by atoms with Gasteiger partial charge in [-0.2, -0.15) is 0 Å². The number of halogens is 2. The molecule has 1 amide bonds. The summed E-state index contributed by atoms with van der Waals surface area (Å²) in [6.07, 6.45) is 2.36. The number of carbonyl (C=O) groups is 1. The predicted molar refractivity (Wildman–Crippen MR) is 76.8 cm³/mol. The minimum Gasteiger partial charge on any atom is -0.370 e. The van der Waals surface area contributed by atoms with Gasteiger partial charge in [-0.05, 0) is 38.0 Å². The molecule has 1 N–H and O–H groups in total. The van der Waals surface area contributed by atoms with Crippen molar-refractivity contribution in [2.75, 3.05) is 23.3 Å². The smallest absolute Gasteiger partial charge is 0.242 e. The molecule has 1 aromatic rings. The number of hydrogen-bond donors (Lipinski definition) is 1. The zero-order valence-corrected chi connectivity index (χ0v) is 11.8. The van der Waals surface area contributed by atoms with Crippen molar-refractivity contribution in [3.63, 3.8) is 0 Å². The van der Waals surface area contributed by atoms with E-state index < -0.39 is 5.38 Å². The molecule has 1 unspecified atom stereocenters. The average molecular weight is 287 g/mol. The van der Waals surface area contributed by atoms with Gasteiger partial charge < -0.3 is 10.2 Å². The first-order valence-electron chi connectivity index (χ1n) is 6.07. The maximum Gasteiger partial charge on any atom is 0.242 e. The van der Waals surface area contributed by atoms with Crippen LogP contribution in [0, 0.1) is 0 Å². The molecule has 1 aromatic carbocycles. The SMILES string of the molecule is CC(Cl)C(=O)Nc1cc(Cl)ccc1N1CCCC1. The zero-order valence-electron chi connectivity index (χ0n) is 10.2. The Morgan fingerprint density at radius 1 is 1.39 bits per heavy atom. The second-order valence-corrected chi connectivity index (χ2v) is 5.55. The molecule has 0 aromatic heterocycles. The Balaban J connectivity index is 2.25. The van der Waals surface area contributed by atoms with E-state index in [4.69, 9.17) is 23.2 Å². The Labute approximate surface area is 117 Å². The summed E-state index contributed by atoms with van der Waals surface area (Å²) in [6.45, 7) is 3.68. The summed E-state index contributed by atoms with van der Waals surface area (Å²) >= 11 is 11.8. The molecule has 5 heteroatoms. The predicted octanol–water partition coefficient (Wildman–Crippen LogP) is 3.51. The number of alkyl halides is 1. The van der Waals surface area contributed by atoms with Crippen LogP contribution < -0.4 is 10.2 Å². The van der Waals surface area contributed by atoms with Crippen molar-refractivity contribution in [3.8, 4) is 0 Å². The molecule has 1 aliphatic heterocycles. The Morgan fingerprint density at radius 3 is 2.67 bits per heavy atom. The maximum atomic E-state index is 11.7. The lowest BCUT2D eigenvalue weighted by Crippen LogP contribution is -2.24. The van der Waals surface area contributed by atoms with Crippen LogP contribution in [0.3, 0.4) is 0 Å².